The van der Waals surface area contributed by atoms with E-state index in [1.54, 1.807) is 0 Å². The standard InChI is InChI=1S/3K.H4O7P2.3H/c;;;1-8(2,3)7-9(4,5)6;;;/h;;;(H2,1,2,3)(H2,4,5,6);;;. The van der Waals surface area contributed by atoms with E-state index in [0.29, 0.717) is 0 Å². The predicted molar refractivity (Wildman–Crippen MR) is 46.6 cm³/mol. The van der Waals surface area contributed by atoms with Crippen LogP contribution in [-0.2, 0) is 13.4 Å². The molecule has 0 radical (unpaired) electrons. The molecule has 0 atom stereocenters. The molecule has 0 heterocycles. The summed E-state index contributed by atoms with van der Waals surface area (Å²) in [5.41, 5.74) is 0. The van der Waals surface area contributed by atoms with Crippen LogP contribution in [0, 0.1) is 0 Å². The fraction of sp³-hybridized carbons (Fsp3) is 0. The molecule has 0 rings (SSSR count). The van der Waals surface area contributed by atoms with E-state index in [0.717, 1.165) is 0 Å². The topological polar surface area (TPSA) is 124 Å². The average Bonchev–Trinajstić information content (AvgIpc) is 1.14. The number of phosphoric acid groups is 2. The second-order valence-corrected chi connectivity index (χ2v) is 3.68. The van der Waals surface area contributed by atoms with Crippen molar-refractivity contribution in [1.29, 1.82) is 0 Å². The van der Waals surface area contributed by atoms with E-state index in [9.17, 15) is 9.13 Å². The molecule has 0 aromatic rings. The Hall–Kier alpha value is 5.17. The van der Waals surface area contributed by atoms with Gasteiger partial charge in [0.15, 0.2) is 0 Å². The van der Waals surface area contributed by atoms with E-state index < -0.39 is 15.6 Å². The first-order valence-corrected chi connectivity index (χ1v) is 4.59. The van der Waals surface area contributed by atoms with Gasteiger partial charge in [-0.05, 0) is 0 Å². The molecule has 7 nitrogen and oxygen atoms in total. The zero-order valence-electron chi connectivity index (χ0n) is 3.91. The second kappa shape index (κ2) is 11.3. The van der Waals surface area contributed by atoms with Gasteiger partial charge in [0, 0.05) is 0 Å². The van der Waals surface area contributed by atoms with Crippen LogP contribution in [0.15, 0.2) is 0 Å². The van der Waals surface area contributed by atoms with Gasteiger partial charge in [0.2, 0.25) is 0 Å². The van der Waals surface area contributed by atoms with Gasteiger partial charge in [0.25, 0.3) is 0 Å². The van der Waals surface area contributed by atoms with Gasteiger partial charge in [-0.15, -0.1) is 0 Å². The van der Waals surface area contributed by atoms with Gasteiger partial charge in [-0.2, -0.15) is 4.31 Å². The summed E-state index contributed by atoms with van der Waals surface area (Å²) < 4.78 is 22.2. The minimum atomic E-state index is -5.05. The Bertz CT molecular complexity index is 157. The van der Waals surface area contributed by atoms with Crippen LogP contribution in [-0.4, -0.2) is 174 Å². The third-order valence-corrected chi connectivity index (χ3v) is 1.91. The summed E-state index contributed by atoms with van der Waals surface area (Å²) in [4.78, 5) is 31.0. The van der Waals surface area contributed by atoms with Crippen molar-refractivity contribution >= 4 is 170 Å². The van der Waals surface area contributed by atoms with Crippen molar-refractivity contribution in [3.05, 3.63) is 0 Å². The summed E-state index contributed by atoms with van der Waals surface area (Å²) in [7, 11) is -10.1. The van der Waals surface area contributed by atoms with Gasteiger partial charge in [-0.25, -0.2) is 9.13 Å². The summed E-state index contributed by atoms with van der Waals surface area (Å²) in [5.74, 6) is 0. The second-order valence-electron chi connectivity index (χ2n) is 1.06. The molecule has 0 aliphatic rings. The molecule has 0 aromatic carbocycles. The Morgan fingerprint density at radius 1 is 0.750 bits per heavy atom. The van der Waals surface area contributed by atoms with E-state index in [2.05, 4.69) is 4.31 Å². The molecule has 0 bridgehead atoms. The minimum absolute atomic E-state index is 0. The third kappa shape index (κ3) is 24.4. The summed E-state index contributed by atoms with van der Waals surface area (Å²) in [6.45, 7) is 0. The molecule has 12 heteroatoms. The number of hydrogen-bond acceptors (Lipinski definition) is 3. The normalized spacial score (nSPS) is 10.3. The SMILES string of the molecule is O=P(O)(O)OP(=O)(O)O.[KH].[KH].[KH]. The van der Waals surface area contributed by atoms with Crippen molar-refractivity contribution < 1.29 is 33.0 Å². The van der Waals surface area contributed by atoms with Gasteiger partial charge in [0.05, 0.1) is 0 Å². The fourth-order valence-electron chi connectivity index (χ4n) is 0.139. The van der Waals surface area contributed by atoms with Crippen LogP contribution >= 0.6 is 15.6 Å². The molecule has 0 unspecified atom stereocenters. The van der Waals surface area contributed by atoms with Crippen LogP contribution in [0.1, 0.15) is 0 Å². The molecule has 0 aromatic heterocycles. The van der Waals surface area contributed by atoms with Crippen LogP contribution < -0.4 is 0 Å². The van der Waals surface area contributed by atoms with E-state index in [-0.39, 0.29) is 154 Å². The summed E-state index contributed by atoms with van der Waals surface area (Å²) in [6.07, 6.45) is 0. The molecule has 0 amide bonds. The maximum atomic E-state index is 9.63. The Morgan fingerprint density at radius 2 is 0.917 bits per heavy atom. The molecule has 0 saturated heterocycles. The third-order valence-electron chi connectivity index (χ3n) is 0.213. The quantitative estimate of drug-likeness (QED) is 0.321. The molecule has 0 aliphatic carbocycles. The van der Waals surface area contributed by atoms with Crippen molar-refractivity contribution in [2.75, 3.05) is 0 Å². The Balaban J connectivity index is -0.000000107. The molecule has 0 spiro atoms. The summed E-state index contributed by atoms with van der Waals surface area (Å²) in [5, 5.41) is 0. The Labute approximate surface area is 197 Å². The van der Waals surface area contributed by atoms with E-state index in [4.69, 9.17) is 19.6 Å². The summed E-state index contributed by atoms with van der Waals surface area (Å²) >= 11 is 0. The molecular weight excluding hydrogens is 291 g/mol. The van der Waals surface area contributed by atoms with E-state index in [1.165, 1.54) is 0 Å². The zero-order valence-corrected chi connectivity index (χ0v) is 5.70. The molecule has 4 N–H and O–H groups in total. The summed E-state index contributed by atoms with van der Waals surface area (Å²) in [6, 6.07) is 0. The van der Waals surface area contributed by atoms with Crippen molar-refractivity contribution in [2.24, 2.45) is 0 Å². The molecule has 0 saturated carbocycles. The van der Waals surface area contributed by atoms with Crippen LogP contribution in [0.3, 0.4) is 0 Å². The molecular formula is H7K3O7P2. The molecule has 62 valence electrons. The molecule has 0 fully saturated rings. The van der Waals surface area contributed by atoms with E-state index in [1.807, 2.05) is 0 Å². The first-order valence-electron chi connectivity index (χ1n) is 1.53. The fourth-order valence-corrected chi connectivity index (χ4v) is 1.25. The first kappa shape index (κ1) is 25.9. The van der Waals surface area contributed by atoms with Gasteiger partial charge in [0.1, 0.15) is 0 Å². The van der Waals surface area contributed by atoms with Gasteiger partial charge < -0.3 is 19.6 Å². The van der Waals surface area contributed by atoms with Crippen LogP contribution in [0.25, 0.3) is 0 Å². The Kier molecular flexibility index (Phi) is 24.3. The van der Waals surface area contributed by atoms with Crippen molar-refractivity contribution in [3.63, 3.8) is 0 Å². The van der Waals surface area contributed by atoms with Gasteiger partial charge in [-0.1, -0.05) is 0 Å². The number of rotatable bonds is 2. The Morgan fingerprint density at radius 3 is 0.917 bits per heavy atom. The van der Waals surface area contributed by atoms with Gasteiger partial charge in [-0.3, -0.25) is 0 Å². The van der Waals surface area contributed by atoms with Crippen molar-refractivity contribution in [3.8, 4) is 0 Å². The average molecular weight is 298 g/mol. The van der Waals surface area contributed by atoms with Crippen LogP contribution in [0.2, 0.25) is 0 Å². The van der Waals surface area contributed by atoms with E-state index >= 15 is 0 Å². The van der Waals surface area contributed by atoms with Gasteiger partial charge >= 0.3 is 170 Å². The van der Waals surface area contributed by atoms with Crippen molar-refractivity contribution in [2.45, 2.75) is 0 Å². The molecule has 12 heavy (non-hydrogen) atoms. The van der Waals surface area contributed by atoms with Crippen molar-refractivity contribution in [1.82, 2.24) is 0 Å². The molecule has 0 aliphatic heterocycles. The monoisotopic (exact) mass is 298 g/mol. The first-order chi connectivity index (χ1) is 3.71. The predicted octanol–water partition coefficient (Wildman–Crippen LogP) is -2.76. The van der Waals surface area contributed by atoms with Crippen LogP contribution in [0.5, 0.6) is 0 Å². The zero-order chi connectivity index (χ0) is 7.71. The van der Waals surface area contributed by atoms with Crippen LogP contribution in [0.4, 0.5) is 0 Å². The maximum absolute atomic E-state index is 9.63. The number of hydrogen-bond donors (Lipinski definition) is 4.